The van der Waals surface area contributed by atoms with Crippen LogP contribution in [0.4, 0.5) is 0 Å². The van der Waals surface area contributed by atoms with Crippen LogP contribution in [0.1, 0.15) is 78.1 Å². The summed E-state index contributed by atoms with van der Waals surface area (Å²) >= 11 is 0. The Labute approximate surface area is 120 Å². The molecule has 0 fully saturated rings. The summed E-state index contributed by atoms with van der Waals surface area (Å²) in [7, 11) is 0. The van der Waals surface area contributed by atoms with Crippen LogP contribution in [0.5, 0.6) is 0 Å². The van der Waals surface area contributed by atoms with Gasteiger partial charge in [0.15, 0.2) is 0 Å². The highest BCUT2D eigenvalue weighted by molar-refractivity contribution is 5.28. The van der Waals surface area contributed by atoms with Gasteiger partial charge in [-0.25, -0.2) is 0 Å². The van der Waals surface area contributed by atoms with Crippen molar-refractivity contribution in [1.29, 1.82) is 0 Å². The van der Waals surface area contributed by atoms with E-state index in [9.17, 15) is 0 Å². The summed E-state index contributed by atoms with van der Waals surface area (Å²) in [5.74, 6) is 0. The van der Waals surface area contributed by atoms with E-state index in [-0.39, 0.29) is 5.41 Å². The minimum Gasteiger partial charge on any atom is -0.102 e. The van der Waals surface area contributed by atoms with E-state index in [1.54, 1.807) is 0 Å². The van der Waals surface area contributed by atoms with Crippen molar-refractivity contribution < 1.29 is 0 Å². The number of hydrogen-bond acceptors (Lipinski definition) is 0. The van der Waals surface area contributed by atoms with Crippen molar-refractivity contribution in [3.8, 4) is 0 Å². The molecule has 0 bridgehead atoms. The van der Waals surface area contributed by atoms with Crippen molar-refractivity contribution in [2.75, 3.05) is 0 Å². The van der Waals surface area contributed by atoms with Gasteiger partial charge in [-0.1, -0.05) is 88.7 Å². The van der Waals surface area contributed by atoms with Gasteiger partial charge in [-0.3, -0.25) is 0 Å². The Hall–Kier alpha value is -0.780. The fourth-order valence-electron chi connectivity index (χ4n) is 2.58. The van der Waals surface area contributed by atoms with Crippen molar-refractivity contribution >= 4 is 0 Å². The van der Waals surface area contributed by atoms with E-state index in [0.717, 1.165) is 6.42 Å². The predicted molar refractivity (Wildman–Crippen MR) is 87.4 cm³/mol. The maximum atomic E-state index is 3.92. The van der Waals surface area contributed by atoms with Gasteiger partial charge >= 0.3 is 0 Å². The second-order valence-electron chi connectivity index (χ2n) is 6.25. The maximum Gasteiger partial charge on any atom is 0.00679 e. The van der Waals surface area contributed by atoms with E-state index in [1.807, 2.05) is 0 Å². The lowest BCUT2D eigenvalue weighted by Gasteiger charge is -2.23. The van der Waals surface area contributed by atoms with E-state index in [2.05, 4.69) is 44.7 Å². The van der Waals surface area contributed by atoms with E-state index >= 15 is 0 Å². The van der Waals surface area contributed by atoms with Crippen LogP contribution in [0.15, 0.2) is 36.5 Å². The molecular weight excluding hydrogens is 228 g/mol. The number of unbranched alkanes of at least 4 members (excludes halogenated alkanes) is 7. The van der Waals surface area contributed by atoms with Gasteiger partial charge in [0.25, 0.3) is 0 Å². The van der Waals surface area contributed by atoms with Gasteiger partial charge in [-0.05, 0) is 19.3 Å². The Bertz CT molecular complexity index is 308. The van der Waals surface area contributed by atoms with Crippen LogP contribution in [0.2, 0.25) is 0 Å². The van der Waals surface area contributed by atoms with Gasteiger partial charge in [-0.2, -0.15) is 0 Å². The number of hydrogen-bond donors (Lipinski definition) is 0. The monoisotopic (exact) mass is 260 g/mol. The van der Waals surface area contributed by atoms with Crippen molar-refractivity contribution in [2.24, 2.45) is 5.41 Å². The highest BCUT2D eigenvalue weighted by atomic mass is 14.2. The molecule has 0 aromatic heterocycles. The molecule has 0 nitrogen and oxygen atoms in total. The molecule has 1 aliphatic carbocycles. The molecule has 0 saturated heterocycles. The smallest absolute Gasteiger partial charge is 0.00679 e. The van der Waals surface area contributed by atoms with Crippen LogP contribution in [0, 0.1) is 5.41 Å². The molecule has 1 atom stereocenters. The zero-order valence-electron chi connectivity index (χ0n) is 13.1. The first-order chi connectivity index (χ1) is 9.20. The molecule has 1 aliphatic rings. The lowest BCUT2D eigenvalue weighted by molar-refractivity contribution is 0.548. The third kappa shape index (κ3) is 6.80. The lowest BCUT2D eigenvalue weighted by Crippen LogP contribution is -2.10. The Kier molecular flexibility index (Phi) is 7.86. The highest BCUT2D eigenvalue weighted by Gasteiger charge is 2.17. The van der Waals surface area contributed by atoms with Crippen LogP contribution in [-0.4, -0.2) is 0 Å². The molecular formula is C19H32. The van der Waals surface area contributed by atoms with E-state index in [1.165, 1.54) is 63.4 Å². The summed E-state index contributed by atoms with van der Waals surface area (Å²) < 4.78 is 0. The van der Waals surface area contributed by atoms with Gasteiger partial charge in [0.2, 0.25) is 0 Å². The molecule has 108 valence electrons. The minimum atomic E-state index is 0.197. The molecule has 0 aromatic carbocycles. The van der Waals surface area contributed by atoms with E-state index in [4.69, 9.17) is 0 Å². The van der Waals surface area contributed by atoms with Crippen LogP contribution in [0.3, 0.4) is 0 Å². The third-order valence-electron chi connectivity index (χ3n) is 4.27. The van der Waals surface area contributed by atoms with Gasteiger partial charge < -0.3 is 0 Å². The third-order valence-corrected chi connectivity index (χ3v) is 4.27. The lowest BCUT2D eigenvalue weighted by atomic mass is 9.81. The topological polar surface area (TPSA) is 0 Å². The zero-order valence-corrected chi connectivity index (χ0v) is 13.1. The second-order valence-corrected chi connectivity index (χ2v) is 6.25. The van der Waals surface area contributed by atoms with Gasteiger partial charge in [-0.15, -0.1) is 6.58 Å². The fraction of sp³-hybridized carbons (Fsp3) is 0.684. The molecule has 0 saturated carbocycles. The van der Waals surface area contributed by atoms with Crippen LogP contribution < -0.4 is 0 Å². The van der Waals surface area contributed by atoms with E-state index in [0.29, 0.717) is 0 Å². The van der Waals surface area contributed by atoms with Gasteiger partial charge in [0, 0.05) is 5.41 Å². The summed E-state index contributed by atoms with van der Waals surface area (Å²) in [6, 6.07) is 0. The SMILES string of the molecule is C=CC1(C)C=CC(CCCCCCCCCC)=CC1. The molecule has 0 amide bonds. The molecule has 0 heteroatoms. The Morgan fingerprint density at radius 3 is 2.26 bits per heavy atom. The van der Waals surface area contributed by atoms with Crippen LogP contribution >= 0.6 is 0 Å². The molecule has 19 heavy (non-hydrogen) atoms. The molecule has 0 heterocycles. The highest BCUT2D eigenvalue weighted by Crippen LogP contribution is 2.31. The first-order valence-corrected chi connectivity index (χ1v) is 8.22. The predicted octanol–water partition coefficient (Wildman–Crippen LogP) is 6.60. The average Bonchev–Trinajstić information content (AvgIpc) is 2.44. The van der Waals surface area contributed by atoms with Crippen molar-refractivity contribution in [3.05, 3.63) is 36.5 Å². The molecule has 0 radical (unpaired) electrons. The summed E-state index contributed by atoms with van der Waals surface area (Å²) in [6.07, 6.45) is 22.7. The Morgan fingerprint density at radius 2 is 1.74 bits per heavy atom. The molecule has 1 unspecified atom stereocenters. The van der Waals surface area contributed by atoms with Gasteiger partial charge in [0.05, 0.1) is 0 Å². The van der Waals surface area contributed by atoms with Crippen LogP contribution in [-0.2, 0) is 0 Å². The zero-order chi connectivity index (χ0) is 14.0. The average molecular weight is 260 g/mol. The van der Waals surface area contributed by atoms with Crippen molar-refractivity contribution in [1.82, 2.24) is 0 Å². The summed E-state index contributed by atoms with van der Waals surface area (Å²) in [4.78, 5) is 0. The molecule has 1 rings (SSSR count). The summed E-state index contributed by atoms with van der Waals surface area (Å²) in [5.41, 5.74) is 1.73. The normalized spacial score (nSPS) is 22.3. The Morgan fingerprint density at radius 1 is 1.11 bits per heavy atom. The Balaban J connectivity index is 2.02. The molecule has 0 aromatic rings. The first kappa shape index (κ1) is 16.3. The quantitative estimate of drug-likeness (QED) is 0.307. The largest absolute Gasteiger partial charge is 0.102 e. The van der Waals surface area contributed by atoms with E-state index < -0.39 is 0 Å². The van der Waals surface area contributed by atoms with Crippen molar-refractivity contribution in [3.63, 3.8) is 0 Å². The molecule has 0 spiro atoms. The minimum absolute atomic E-state index is 0.197. The molecule has 0 N–H and O–H groups in total. The number of allylic oxidation sites excluding steroid dienone is 5. The molecule has 0 aliphatic heterocycles. The van der Waals surface area contributed by atoms with Crippen LogP contribution in [0.25, 0.3) is 0 Å². The van der Waals surface area contributed by atoms with Crippen molar-refractivity contribution in [2.45, 2.75) is 78.1 Å². The summed E-state index contributed by atoms with van der Waals surface area (Å²) in [5, 5.41) is 0. The first-order valence-electron chi connectivity index (χ1n) is 8.22. The maximum absolute atomic E-state index is 3.92. The standard InChI is InChI=1S/C19H32/c1-4-6-7-8-9-10-11-12-13-18-14-16-19(3,5-2)17-15-18/h5,14-16H,2,4,6-13,17H2,1,3H3. The fourth-order valence-corrected chi connectivity index (χ4v) is 2.58. The summed E-state index contributed by atoms with van der Waals surface area (Å²) in [6.45, 7) is 8.45. The van der Waals surface area contributed by atoms with Gasteiger partial charge in [0.1, 0.15) is 0 Å². The second kappa shape index (κ2) is 9.18. The number of rotatable bonds is 10.